The van der Waals surface area contributed by atoms with Gasteiger partial charge in [-0.15, -0.1) is 11.8 Å². The lowest BCUT2D eigenvalue weighted by Crippen LogP contribution is -2.07. The third kappa shape index (κ3) is 3.47. The Kier molecular flexibility index (Phi) is 3.99. The molecule has 0 unspecified atom stereocenters. The summed E-state index contributed by atoms with van der Waals surface area (Å²) in [7, 11) is 0. The monoisotopic (exact) mass is 299 g/mol. The van der Waals surface area contributed by atoms with Crippen LogP contribution in [0.5, 0.6) is 0 Å². The van der Waals surface area contributed by atoms with Gasteiger partial charge in [0.25, 0.3) is 5.89 Å². The van der Waals surface area contributed by atoms with E-state index in [9.17, 15) is 8.78 Å². The summed E-state index contributed by atoms with van der Waals surface area (Å²) in [5.74, 6) is -0.862. The molecule has 0 fully saturated rings. The predicted molar refractivity (Wildman–Crippen MR) is 75.1 cm³/mol. The highest BCUT2D eigenvalue weighted by Gasteiger charge is 2.17. The predicted octanol–water partition coefficient (Wildman–Crippen LogP) is 3.63. The van der Waals surface area contributed by atoms with Gasteiger partial charge in [-0.1, -0.05) is 25.9 Å². The zero-order valence-corrected chi connectivity index (χ0v) is 12.2. The number of aromatic nitrogens is 2. The molecule has 0 bridgehead atoms. The summed E-state index contributed by atoms with van der Waals surface area (Å²) in [6.07, 6.45) is 0. The van der Waals surface area contributed by atoms with Gasteiger partial charge in [-0.3, -0.25) is 0 Å². The van der Waals surface area contributed by atoms with E-state index in [1.165, 1.54) is 0 Å². The minimum Gasteiger partial charge on any atom is -0.398 e. The third-order valence-corrected chi connectivity index (χ3v) is 3.69. The zero-order valence-electron chi connectivity index (χ0n) is 11.4. The molecular formula is C13H15F2N3OS. The Balaban J connectivity index is 2.23. The number of benzene rings is 1. The standard InChI is InChI=1S/C13H15F2N3OS/c1-13(2,3)20-6-11-17-12(19-18-11)7-4-8(14)9(15)5-10(7)16/h4-5H,6,16H2,1-3H3. The molecule has 2 N–H and O–H groups in total. The van der Waals surface area contributed by atoms with Crippen LogP contribution in [-0.4, -0.2) is 14.9 Å². The largest absolute Gasteiger partial charge is 0.398 e. The summed E-state index contributed by atoms with van der Waals surface area (Å²) < 4.78 is 31.4. The minimum atomic E-state index is -1.01. The Labute approximate surface area is 119 Å². The highest BCUT2D eigenvalue weighted by molar-refractivity contribution is 7.99. The number of anilines is 1. The van der Waals surface area contributed by atoms with Gasteiger partial charge in [0.2, 0.25) is 0 Å². The molecule has 108 valence electrons. The van der Waals surface area contributed by atoms with Gasteiger partial charge in [-0.05, 0) is 6.07 Å². The van der Waals surface area contributed by atoms with Crippen LogP contribution in [0.3, 0.4) is 0 Å². The first-order valence-electron chi connectivity index (χ1n) is 5.98. The first-order valence-corrected chi connectivity index (χ1v) is 6.96. The average molecular weight is 299 g/mol. The maximum atomic E-state index is 13.2. The fourth-order valence-electron chi connectivity index (χ4n) is 1.45. The van der Waals surface area contributed by atoms with E-state index in [2.05, 4.69) is 30.9 Å². The molecule has 1 aromatic carbocycles. The van der Waals surface area contributed by atoms with E-state index in [1.54, 1.807) is 11.8 Å². The molecule has 2 rings (SSSR count). The average Bonchev–Trinajstić information content (AvgIpc) is 2.79. The first-order chi connectivity index (χ1) is 9.26. The van der Waals surface area contributed by atoms with E-state index in [0.29, 0.717) is 11.6 Å². The van der Waals surface area contributed by atoms with Crippen LogP contribution in [0.15, 0.2) is 16.7 Å². The summed E-state index contributed by atoms with van der Waals surface area (Å²) in [5, 5.41) is 3.81. The van der Waals surface area contributed by atoms with Crippen molar-refractivity contribution in [1.82, 2.24) is 10.1 Å². The van der Waals surface area contributed by atoms with Gasteiger partial charge in [-0.25, -0.2) is 8.78 Å². The summed E-state index contributed by atoms with van der Waals surface area (Å²) >= 11 is 1.65. The van der Waals surface area contributed by atoms with Crippen molar-refractivity contribution in [1.29, 1.82) is 0 Å². The van der Waals surface area contributed by atoms with Crippen LogP contribution in [-0.2, 0) is 5.75 Å². The Morgan fingerprint density at radius 3 is 2.55 bits per heavy atom. The highest BCUT2D eigenvalue weighted by Crippen LogP contribution is 2.29. The smallest absolute Gasteiger partial charge is 0.260 e. The van der Waals surface area contributed by atoms with Crippen LogP contribution < -0.4 is 5.73 Å². The van der Waals surface area contributed by atoms with Crippen molar-refractivity contribution < 1.29 is 13.3 Å². The van der Waals surface area contributed by atoms with Gasteiger partial charge in [0, 0.05) is 16.5 Å². The first kappa shape index (κ1) is 14.8. The summed E-state index contributed by atoms with van der Waals surface area (Å²) in [6.45, 7) is 6.23. The van der Waals surface area contributed by atoms with Crippen LogP contribution in [0.4, 0.5) is 14.5 Å². The van der Waals surface area contributed by atoms with Crippen molar-refractivity contribution in [3.63, 3.8) is 0 Å². The van der Waals surface area contributed by atoms with Crippen molar-refractivity contribution in [2.45, 2.75) is 31.3 Å². The molecule has 20 heavy (non-hydrogen) atoms. The van der Waals surface area contributed by atoms with Crippen LogP contribution in [0.25, 0.3) is 11.5 Å². The molecule has 0 saturated heterocycles. The Bertz CT molecular complexity index is 623. The number of nitrogens with zero attached hydrogens (tertiary/aromatic N) is 2. The quantitative estimate of drug-likeness (QED) is 0.877. The topological polar surface area (TPSA) is 64.9 Å². The van der Waals surface area contributed by atoms with Gasteiger partial charge >= 0.3 is 0 Å². The molecule has 2 aromatic rings. The van der Waals surface area contributed by atoms with Crippen LogP contribution in [0.2, 0.25) is 0 Å². The number of nitrogens with two attached hydrogens (primary N) is 1. The number of thioether (sulfide) groups is 1. The fraction of sp³-hybridized carbons (Fsp3) is 0.385. The number of nitrogen functional groups attached to an aromatic ring is 1. The molecule has 0 aliphatic carbocycles. The Morgan fingerprint density at radius 1 is 1.25 bits per heavy atom. The molecule has 0 amide bonds. The number of hydrogen-bond donors (Lipinski definition) is 1. The molecule has 0 radical (unpaired) electrons. The molecule has 0 spiro atoms. The van der Waals surface area contributed by atoms with E-state index in [4.69, 9.17) is 10.3 Å². The molecule has 7 heteroatoms. The SMILES string of the molecule is CC(C)(C)SCc1noc(-c2cc(F)c(F)cc2N)n1. The lowest BCUT2D eigenvalue weighted by atomic mass is 10.1. The third-order valence-electron chi connectivity index (χ3n) is 2.43. The molecule has 0 saturated carbocycles. The summed E-state index contributed by atoms with van der Waals surface area (Å²) in [4.78, 5) is 4.15. The maximum absolute atomic E-state index is 13.2. The van der Waals surface area contributed by atoms with E-state index in [-0.39, 0.29) is 21.9 Å². The van der Waals surface area contributed by atoms with Crippen LogP contribution in [0, 0.1) is 11.6 Å². The van der Waals surface area contributed by atoms with Crippen LogP contribution in [0.1, 0.15) is 26.6 Å². The van der Waals surface area contributed by atoms with E-state index in [1.807, 2.05) is 0 Å². The summed E-state index contributed by atoms with van der Waals surface area (Å²) in [5.41, 5.74) is 5.89. The number of rotatable bonds is 3. The number of halogens is 2. The second-order valence-electron chi connectivity index (χ2n) is 5.27. The van der Waals surface area contributed by atoms with Gasteiger partial charge in [0.05, 0.1) is 11.3 Å². The summed E-state index contributed by atoms with van der Waals surface area (Å²) in [6, 6.07) is 1.86. The van der Waals surface area contributed by atoms with Crippen LogP contribution >= 0.6 is 11.8 Å². The van der Waals surface area contributed by atoms with Gasteiger partial charge in [0.1, 0.15) is 0 Å². The molecule has 0 aliphatic rings. The fourth-order valence-corrected chi connectivity index (χ4v) is 2.13. The molecule has 4 nitrogen and oxygen atoms in total. The molecule has 1 aromatic heterocycles. The van der Waals surface area contributed by atoms with Gasteiger partial charge in [-0.2, -0.15) is 4.98 Å². The molecule has 1 heterocycles. The van der Waals surface area contributed by atoms with Gasteiger partial charge < -0.3 is 10.3 Å². The highest BCUT2D eigenvalue weighted by atomic mass is 32.2. The second kappa shape index (κ2) is 5.40. The van der Waals surface area contributed by atoms with Crippen molar-refractivity contribution in [2.24, 2.45) is 0 Å². The van der Waals surface area contributed by atoms with Gasteiger partial charge in [0.15, 0.2) is 17.5 Å². The second-order valence-corrected chi connectivity index (χ2v) is 7.07. The van der Waals surface area contributed by atoms with Crippen molar-refractivity contribution >= 4 is 17.4 Å². The maximum Gasteiger partial charge on any atom is 0.260 e. The lowest BCUT2D eigenvalue weighted by Gasteiger charge is -2.15. The van der Waals surface area contributed by atoms with E-state index < -0.39 is 11.6 Å². The lowest BCUT2D eigenvalue weighted by molar-refractivity contribution is 0.424. The van der Waals surface area contributed by atoms with Crippen molar-refractivity contribution in [2.75, 3.05) is 5.73 Å². The normalized spacial score (nSPS) is 11.8. The number of hydrogen-bond acceptors (Lipinski definition) is 5. The minimum absolute atomic E-state index is 0.0579. The van der Waals surface area contributed by atoms with E-state index >= 15 is 0 Å². The molecular weight excluding hydrogens is 284 g/mol. The molecule has 0 atom stereocenters. The zero-order chi connectivity index (χ0) is 14.9. The Hall–Kier alpha value is -1.63. The van der Waals surface area contributed by atoms with Crippen molar-refractivity contribution in [3.8, 4) is 11.5 Å². The van der Waals surface area contributed by atoms with Crippen molar-refractivity contribution in [3.05, 3.63) is 29.6 Å². The molecule has 0 aliphatic heterocycles. The van der Waals surface area contributed by atoms with E-state index in [0.717, 1.165) is 12.1 Å². The Morgan fingerprint density at radius 2 is 1.90 bits per heavy atom.